The van der Waals surface area contributed by atoms with Crippen LogP contribution in [-0.2, 0) is 9.59 Å². The summed E-state index contributed by atoms with van der Waals surface area (Å²) in [7, 11) is 0. The highest BCUT2D eigenvalue weighted by molar-refractivity contribution is 6.36. The van der Waals surface area contributed by atoms with Gasteiger partial charge in [-0.05, 0) is 13.8 Å². The number of carbonyl (C=O) groups excluding carboxylic acids is 2. The number of carbonyl (C=O) groups is 2. The summed E-state index contributed by atoms with van der Waals surface area (Å²) < 4.78 is 0. The van der Waals surface area contributed by atoms with Crippen molar-refractivity contribution in [1.82, 2.24) is 0 Å². The van der Waals surface area contributed by atoms with E-state index in [1.54, 1.807) is 6.08 Å². The lowest BCUT2D eigenvalue weighted by Crippen LogP contribution is -2.07. The van der Waals surface area contributed by atoms with Crippen molar-refractivity contribution in [3.63, 3.8) is 0 Å². The molecule has 0 bridgehead atoms. The summed E-state index contributed by atoms with van der Waals surface area (Å²) in [5, 5.41) is 0. The maximum atomic E-state index is 10.7. The van der Waals surface area contributed by atoms with E-state index in [-0.39, 0.29) is 18.0 Å². The van der Waals surface area contributed by atoms with Crippen molar-refractivity contribution in [3.05, 3.63) is 11.6 Å². The maximum Gasteiger partial charge on any atom is 0.201 e. The largest absolute Gasteiger partial charge is 0.291 e. The summed E-state index contributed by atoms with van der Waals surface area (Å²) in [5.74, 6) is -0.682. The Bertz CT molecular complexity index is 174. The van der Waals surface area contributed by atoms with E-state index in [1.165, 1.54) is 6.92 Å². The number of Topliss-reactive ketones (excluding diaryl/α,β-unsaturated/α-hetero) is 2. The fourth-order valence-corrected chi connectivity index (χ4v) is 0.441. The van der Waals surface area contributed by atoms with Crippen molar-refractivity contribution >= 4 is 11.6 Å². The van der Waals surface area contributed by atoms with E-state index in [0.717, 1.165) is 5.57 Å². The Hall–Kier alpha value is -0.920. The van der Waals surface area contributed by atoms with Gasteiger partial charge in [0, 0.05) is 13.3 Å². The van der Waals surface area contributed by atoms with Crippen LogP contribution in [0.25, 0.3) is 0 Å². The molecule has 0 spiro atoms. The van der Waals surface area contributed by atoms with Crippen LogP contribution in [0.2, 0.25) is 0 Å². The summed E-state index contributed by atoms with van der Waals surface area (Å²) in [4.78, 5) is 21.0. The van der Waals surface area contributed by atoms with Crippen molar-refractivity contribution in [3.8, 4) is 0 Å². The molecule has 0 aromatic carbocycles. The first kappa shape index (κ1) is 9.08. The first-order valence-corrected chi connectivity index (χ1v) is 3.21. The number of rotatable bonds is 3. The summed E-state index contributed by atoms with van der Waals surface area (Å²) in [6.45, 7) is 5.09. The number of hydrogen-bond acceptors (Lipinski definition) is 2. The van der Waals surface area contributed by atoms with Crippen molar-refractivity contribution < 1.29 is 9.59 Å². The Morgan fingerprint density at radius 2 is 1.70 bits per heavy atom. The molecule has 0 aromatic rings. The Morgan fingerprint density at radius 3 is 2.00 bits per heavy atom. The Morgan fingerprint density at radius 1 is 1.20 bits per heavy atom. The molecule has 0 unspecified atom stereocenters. The predicted molar refractivity (Wildman–Crippen MR) is 39.7 cm³/mol. The van der Waals surface area contributed by atoms with E-state index in [4.69, 9.17) is 0 Å². The first-order chi connectivity index (χ1) is 4.54. The van der Waals surface area contributed by atoms with Crippen LogP contribution in [0.1, 0.15) is 27.2 Å². The third-order valence-corrected chi connectivity index (χ3v) is 1.09. The molecule has 0 saturated carbocycles. The van der Waals surface area contributed by atoms with Gasteiger partial charge in [0.1, 0.15) is 0 Å². The van der Waals surface area contributed by atoms with Crippen LogP contribution in [0.5, 0.6) is 0 Å². The molecule has 0 radical (unpaired) electrons. The zero-order valence-corrected chi connectivity index (χ0v) is 6.60. The number of hydrogen-bond donors (Lipinski definition) is 0. The Labute approximate surface area is 60.9 Å². The monoisotopic (exact) mass is 140 g/mol. The third kappa shape index (κ3) is 4.01. The van der Waals surface area contributed by atoms with Crippen LogP contribution in [0, 0.1) is 0 Å². The van der Waals surface area contributed by atoms with Crippen molar-refractivity contribution in [2.75, 3.05) is 0 Å². The molecule has 0 saturated heterocycles. The van der Waals surface area contributed by atoms with Gasteiger partial charge < -0.3 is 0 Å². The number of allylic oxidation sites excluding steroid dienone is 2. The molecular weight excluding hydrogens is 128 g/mol. The average molecular weight is 140 g/mol. The highest BCUT2D eigenvalue weighted by Crippen LogP contribution is 1.93. The van der Waals surface area contributed by atoms with E-state index < -0.39 is 0 Å². The molecule has 2 nitrogen and oxygen atoms in total. The normalized spacial score (nSPS) is 8.70. The van der Waals surface area contributed by atoms with Gasteiger partial charge in [0.15, 0.2) is 5.78 Å². The molecule has 0 rings (SSSR count). The second-order valence-electron chi connectivity index (χ2n) is 2.46. The van der Waals surface area contributed by atoms with Crippen LogP contribution in [0.4, 0.5) is 0 Å². The molecular formula is C8H12O2. The molecule has 0 amide bonds. The molecule has 0 N–H and O–H groups in total. The van der Waals surface area contributed by atoms with Crippen LogP contribution in [0.15, 0.2) is 11.6 Å². The highest BCUT2D eigenvalue weighted by Gasteiger charge is 2.03. The molecule has 0 heterocycles. The molecule has 0 aliphatic carbocycles. The third-order valence-electron chi connectivity index (χ3n) is 1.09. The highest BCUT2D eigenvalue weighted by atomic mass is 16.2. The molecule has 0 atom stereocenters. The predicted octanol–water partition coefficient (Wildman–Crippen LogP) is 1.50. The molecule has 0 aromatic heterocycles. The van der Waals surface area contributed by atoms with Crippen molar-refractivity contribution in [2.24, 2.45) is 0 Å². The van der Waals surface area contributed by atoms with Gasteiger partial charge in [-0.3, -0.25) is 9.59 Å². The molecule has 56 valence electrons. The minimum Gasteiger partial charge on any atom is -0.291 e. The van der Waals surface area contributed by atoms with Gasteiger partial charge in [0.2, 0.25) is 5.78 Å². The van der Waals surface area contributed by atoms with E-state index >= 15 is 0 Å². The topological polar surface area (TPSA) is 34.1 Å². The quantitative estimate of drug-likeness (QED) is 0.439. The van der Waals surface area contributed by atoms with E-state index in [0.29, 0.717) is 0 Å². The van der Waals surface area contributed by atoms with Crippen LogP contribution < -0.4 is 0 Å². The van der Waals surface area contributed by atoms with Crippen LogP contribution in [0.3, 0.4) is 0 Å². The van der Waals surface area contributed by atoms with E-state index in [1.807, 2.05) is 13.8 Å². The van der Waals surface area contributed by atoms with Crippen molar-refractivity contribution in [1.29, 1.82) is 0 Å². The fourth-order valence-electron chi connectivity index (χ4n) is 0.441. The van der Waals surface area contributed by atoms with Gasteiger partial charge in [-0.2, -0.15) is 0 Å². The minimum absolute atomic E-state index is 0.248. The lowest BCUT2D eigenvalue weighted by atomic mass is 10.2. The summed E-state index contributed by atoms with van der Waals surface area (Å²) in [6, 6.07) is 0. The molecule has 0 aliphatic rings. The molecule has 0 fully saturated rings. The van der Waals surface area contributed by atoms with Crippen LogP contribution in [-0.4, -0.2) is 11.6 Å². The van der Waals surface area contributed by atoms with Gasteiger partial charge in [0.05, 0.1) is 0 Å². The minimum atomic E-state index is -0.363. The molecule has 10 heavy (non-hydrogen) atoms. The fraction of sp³-hybridized carbons (Fsp3) is 0.500. The lowest BCUT2D eigenvalue weighted by Gasteiger charge is -1.89. The van der Waals surface area contributed by atoms with Crippen molar-refractivity contribution in [2.45, 2.75) is 27.2 Å². The number of ketones is 2. The second kappa shape index (κ2) is 3.99. The van der Waals surface area contributed by atoms with E-state index in [2.05, 4.69) is 0 Å². The van der Waals surface area contributed by atoms with Crippen LogP contribution >= 0.6 is 0 Å². The Kier molecular flexibility index (Phi) is 3.62. The van der Waals surface area contributed by atoms with Gasteiger partial charge in [-0.15, -0.1) is 0 Å². The SMILES string of the molecule is CC(=O)C(=O)CC=C(C)C. The van der Waals surface area contributed by atoms with E-state index in [9.17, 15) is 9.59 Å². The summed E-state index contributed by atoms with van der Waals surface area (Å²) in [5.41, 5.74) is 1.06. The maximum absolute atomic E-state index is 10.7. The van der Waals surface area contributed by atoms with Gasteiger partial charge in [-0.25, -0.2) is 0 Å². The smallest absolute Gasteiger partial charge is 0.201 e. The van der Waals surface area contributed by atoms with Gasteiger partial charge in [-0.1, -0.05) is 11.6 Å². The standard InChI is InChI=1S/C8H12O2/c1-6(2)4-5-8(10)7(3)9/h4H,5H2,1-3H3. The zero-order valence-electron chi connectivity index (χ0n) is 6.60. The molecule has 2 heteroatoms. The summed E-state index contributed by atoms with van der Waals surface area (Å²) >= 11 is 0. The van der Waals surface area contributed by atoms with Gasteiger partial charge >= 0.3 is 0 Å². The zero-order chi connectivity index (χ0) is 8.15. The summed E-state index contributed by atoms with van der Waals surface area (Å²) in [6.07, 6.45) is 2.00. The average Bonchev–Trinajstić information content (AvgIpc) is 1.82. The second-order valence-corrected chi connectivity index (χ2v) is 2.46. The molecule has 0 aliphatic heterocycles. The Balaban J connectivity index is 3.83. The first-order valence-electron chi connectivity index (χ1n) is 3.21. The lowest BCUT2D eigenvalue weighted by molar-refractivity contribution is -0.134. The van der Waals surface area contributed by atoms with Gasteiger partial charge in [0.25, 0.3) is 0 Å².